The van der Waals surface area contributed by atoms with Crippen LogP contribution in [0.4, 0.5) is 0 Å². The Bertz CT molecular complexity index is 712. The maximum atomic E-state index is 12.3. The Balaban J connectivity index is 2.87. The fraction of sp³-hybridized carbons (Fsp3) is 0.429. The van der Waals surface area contributed by atoms with Crippen molar-refractivity contribution in [1.82, 2.24) is 14.3 Å². The third-order valence-corrected chi connectivity index (χ3v) is 3.88. The zero-order chi connectivity index (χ0) is 15.2. The van der Waals surface area contributed by atoms with E-state index in [1.165, 1.54) is 16.4 Å². The summed E-state index contributed by atoms with van der Waals surface area (Å²) >= 11 is 0. The monoisotopic (exact) mass is 277 g/mol. The van der Waals surface area contributed by atoms with Crippen molar-refractivity contribution in [3.05, 3.63) is 32.7 Å². The molecule has 0 radical (unpaired) electrons. The van der Waals surface area contributed by atoms with Crippen molar-refractivity contribution >= 4 is 0 Å². The predicted molar refractivity (Wildman–Crippen MR) is 76.0 cm³/mol. The fourth-order valence-corrected chi connectivity index (χ4v) is 2.37. The molecular weight excluding hydrogens is 258 g/mol. The van der Waals surface area contributed by atoms with Gasteiger partial charge < -0.3 is 9.84 Å². The summed E-state index contributed by atoms with van der Waals surface area (Å²) < 4.78 is 7.66. The van der Waals surface area contributed by atoms with Gasteiger partial charge in [0.25, 0.3) is 0 Å². The van der Waals surface area contributed by atoms with E-state index in [0.717, 1.165) is 16.7 Å². The van der Waals surface area contributed by atoms with E-state index in [9.17, 15) is 9.90 Å². The molecule has 0 bridgehead atoms. The number of rotatable bonds is 2. The molecule has 108 valence electrons. The van der Waals surface area contributed by atoms with Crippen molar-refractivity contribution in [3.8, 4) is 17.4 Å². The Labute approximate surface area is 117 Å². The van der Waals surface area contributed by atoms with Crippen LogP contribution in [0.25, 0.3) is 5.69 Å². The zero-order valence-electron chi connectivity index (χ0n) is 12.6. The molecule has 6 heteroatoms. The lowest BCUT2D eigenvalue weighted by Gasteiger charge is -2.16. The predicted octanol–water partition coefficient (Wildman–Crippen LogP) is 1.52. The van der Waals surface area contributed by atoms with Gasteiger partial charge in [-0.05, 0) is 44.4 Å². The number of phenols is 1. The number of ether oxygens (including phenoxy) is 1. The van der Waals surface area contributed by atoms with E-state index < -0.39 is 0 Å². The summed E-state index contributed by atoms with van der Waals surface area (Å²) in [6.07, 6.45) is 0. The molecule has 1 N–H and O–H groups in total. The molecule has 0 aliphatic carbocycles. The highest BCUT2D eigenvalue weighted by molar-refractivity contribution is 5.60. The highest BCUT2D eigenvalue weighted by Gasteiger charge is 2.20. The van der Waals surface area contributed by atoms with Gasteiger partial charge in [0, 0.05) is 12.6 Å². The molecule has 0 aliphatic heterocycles. The summed E-state index contributed by atoms with van der Waals surface area (Å²) in [4.78, 5) is 12.3. The SMILES string of the molecule is COc1nn(-c2c(C)c(C)c(C)c(O)c2C)c(=O)n1C. The average Bonchev–Trinajstić information content (AvgIpc) is 2.71. The number of aromatic hydroxyl groups is 1. The minimum atomic E-state index is -0.310. The number of aromatic nitrogens is 3. The van der Waals surface area contributed by atoms with Crippen LogP contribution in [0, 0.1) is 27.7 Å². The largest absolute Gasteiger partial charge is 0.507 e. The van der Waals surface area contributed by atoms with Crippen molar-refractivity contribution in [1.29, 1.82) is 0 Å². The van der Waals surface area contributed by atoms with Gasteiger partial charge in [-0.3, -0.25) is 0 Å². The van der Waals surface area contributed by atoms with Crippen LogP contribution >= 0.6 is 0 Å². The summed E-state index contributed by atoms with van der Waals surface area (Å²) in [5.74, 6) is 0.194. The number of methoxy groups -OCH3 is 1. The third-order valence-electron chi connectivity index (χ3n) is 3.88. The van der Waals surface area contributed by atoms with Crippen LogP contribution in [0.15, 0.2) is 4.79 Å². The normalized spacial score (nSPS) is 10.9. The van der Waals surface area contributed by atoms with E-state index in [0.29, 0.717) is 11.3 Å². The topological polar surface area (TPSA) is 69.3 Å². The number of benzene rings is 1. The first kappa shape index (κ1) is 14.2. The molecule has 1 heterocycles. The summed E-state index contributed by atoms with van der Waals surface area (Å²) in [6, 6.07) is 0.228. The molecular formula is C14H19N3O3. The highest BCUT2D eigenvalue weighted by Crippen LogP contribution is 2.33. The van der Waals surface area contributed by atoms with E-state index in [2.05, 4.69) is 5.10 Å². The Kier molecular flexibility index (Phi) is 3.33. The quantitative estimate of drug-likeness (QED) is 0.903. The van der Waals surface area contributed by atoms with Gasteiger partial charge in [-0.2, -0.15) is 4.68 Å². The van der Waals surface area contributed by atoms with Crippen LogP contribution in [0.2, 0.25) is 0 Å². The average molecular weight is 277 g/mol. The summed E-state index contributed by atoms with van der Waals surface area (Å²) in [7, 11) is 3.06. The number of hydrogen-bond acceptors (Lipinski definition) is 4. The number of nitrogens with zero attached hydrogens (tertiary/aromatic N) is 3. The Hall–Kier alpha value is -2.24. The Morgan fingerprint density at radius 2 is 1.65 bits per heavy atom. The molecule has 0 saturated carbocycles. The maximum absolute atomic E-state index is 12.3. The third kappa shape index (κ3) is 1.79. The highest BCUT2D eigenvalue weighted by atomic mass is 16.5. The first-order valence-corrected chi connectivity index (χ1v) is 6.31. The van der Waals surface area contributed by atoms with Crippen LogP contribution in [-0.4, -0.2) is 26.6 Å². The van der Waals surface area contributed by atoms with E-state index in [4.69, 9.17) is 4.74 Å². The number of hydrogen-bond donors (Lipinski definition) is 1. The smallest absolute Gasteiger partial charge is 0.353 e. The first-order valence-electron chi connectivity index (χ1n) is 6.31. The lowest BCUT2D eigenvalue weighted by atomic mass is 9.97. The van der Waals surface area contributed by atoms with E-state index in [1.54, 1.807) is 14.0 Å². The standard InChI is InChI=1S/C14H19N3O3/c1-7-8(2)11(10(4)12(18)9(7)3)17-14(19)16(5)13(15-17)20-6/h18H,1-6H3. The maximum Gasteiger partial charge on any atom is 0.353 e. The molecule has 2 aromatic rings. The lowest BCUT2D eigenvalue weighted by molar-refractivity contribution is 0.362. The second kappa shape index (κ2) is 4.70. The van der Waals surface area contributed by atoms with Crippen LogP contribution < -0.4 is 10.4 Å². The van der Waals surface area contributed by atoms with Crippen LogP contribution in [0.1, 0.15) is 22.3 Å². The molecule has 0 aliphatic rings. The van der Waals surface area contributed by atoms with Gasteiger partial charge >= 0.3 is 11.7 Å². The summed E-state index contributed by atoms with van der Waals surface area (Å²) in [5, 5.41) is 14.4. The Morgan fingerprint density at radius 3 is 2.15 bits per heavy atom. The van der Waals surface area contributed by atoms with Gasteiger partial charge in [-0.25, -0.2) is 9.36 Å². The second-order valence-electron chi connectivity index (χ2n) is 4.94. The molecule has 0 amide bonds. The van der Waals surface area contributed by atoms with Gasteiger partial charge in [0.1, 0.15) is 5.75 Å². The molecule has 1 aromatic carbocycles. The van der Waals surface area contributed by atoms with Gasteiger partial charge in [-0.1, -0.05) is 0 Å². The molecule has 1 aromatic heterocycles. The van der Waals surface area contributed by atoms with Gasteiger partial charge in [-0.15, -0.1) is 5.10 Å². The van der Waals surface area contributed by atoms with Crippen LogP contribution in [-0.2, 0) is 7.05 Å². The summed E-state index contributed by atoms with van der Waals surface area (Å²) in [5.41, 5.74) is 3.61. The van der Waals surface area contributed by atoms with Crippen LogP contribution in [0.5, 0.6) is 11.8 Å². The van der Waals surface area contributed by atoms with Crippen molar-refractivity contribution in [2.75, 3.05) is 7.11 Å². The van der Waals surface area contributed by atoms with Gasteiger partial charge in [0.15, 0.2) is 0 Å². The minimum absolute atomic E-state index is 0.194. The van der Waals surface area contributed by atoms with Crippen molar-refractivity contribution in [2.45, 2.75) is 27.7 Å². The summed E-state index contributed by atoms with van der Waals surface area (Å²) in [6.45, 7) is 7.46. The molecule has 2 rings (SSSR count). The van der Waals surface area contributed by atoms with Gasteiger partial charge in [0.05, 0.1) is 12.8 Å². The van der Waals surface area contributed by atoms with Crippen molar-refractivity contribution in [2.24, 2.45) is 7.05 Å². The first-order chi connectivity index (χ1) is 9.31. The molecule has 6 nitrogen and oxygen atoms in total. The minimum Gasteiger partial charge on any atom is -0.507 e. The molecule has 0 spiro atoms. The van der Waals surface area contributed by atoms with Crippen molar-refractivity contribution in [3.63, 3.8) is 0 Å². The fourth-order valence-electron chi connectivity index (χ4n) is 2.37. The molecule has 0 unspecified atom stereocenters. The van der Waals surface area contributed by atoms with E-state index >= 15 is 0 Å². The van der Waals surface area contributed by atoms with Gasteiger partial charge in [0.2, 0.25) is 0 Å². The molecule has 0 fully saturated rings. The second-order valence-corrected chi connectivity index (χ2v) is 4.94. The van der Waals surface area contributed by atoms with E-state index in [-0.39, 0.29) is 17.4 Å². The zero-order valence-corrected chi connectivity index (χ0v) is 12.6. The molecule has 0 atom stereocenters. The molecule has 20 heavy (non-hydrogen) atoms. The van der Waals surface area contributed by atoms with Crippen LogP contribution in [0.3, 0.4) is 0 Å². The van der Waals surface area contributed by atoms with E-state index in [1.807, 2.05) is 20.8 Å². The van der Waals surface area contributed by atoms with Crippen molar-refractivity contribution < 1.29 is 9.84 Å². The molecule has 0 saturated heterocycles. The Morgan fingerprint density at radius 1 is 1.05 bits per heavy atom. The number of phenolic OH excluding ortho intramolecular Hbond substituents is 1. The lowest BCUT2D eigenvalue weighted by Crippen LogP contribution is -2.23.